The van der Waals surface area contributed by atoms with Crippen LogP contribution in [0.15, 0.2) is 41.6 Å². The summed E-state index contributed by atoms with van der Waals surface area (Å²) in [7, 11) is 0. The maximum absolute atomic E-state index is 13.2. The first-order chi connectivity index (χ1) is 13.8. The summed E-state index contributed by atoms with van der Waals surface area (Å²) >= 11 is 13.0. The average Bonchev–Trinajstić information content (AvgIpc) is 3.03. The van der Waals surface area contributed by atoms with E-state index in [0.717, 1.165) is 34.6 Å². The van der Waals surface area contributed by atoms with Gasteiger partial charge in [0.15, 0.2) is 5.82 Å². The molecular formula is C16H11Cl2FN6O3S. The zero-order valence-electron chi connectivity index (χ0n) is 14.3. The quantitative estimate of drug-likeness (QED) is 0.250. The van der Waals surface area contributed by atoms with Gasteiger partial charge in [-0.3, -0.25) is 14.9 Å². The number of halogens is 3. The van der Waals surface area contributed by atoms with Crippen LogP contribution in [0.4, 0.5) is 15.8 Å². The molecule has 0 aliphatic carbocycles. The first kappa shape index (κ1) is 20.8. The van der Waals surface area contributed by atoms with Crippen molar-refractivity contribution in [2.24, 2.45) is 0 Å². The standard InChI is InChI=1S/C16H11Cl2FN6O3S/c17-8-1-3-11(18)10(5-8)15-22-23-16(24(15)20)29-7-14(26)21-12-4-2-9(19)6-13(12)25(27)28/h1-6H,7,20H2,(H,21,26). The zero-order valence-corrected chi connectivity index (χ0v) is 16.6. The van der Waals surface area contributed by atoms with Crippen LogP contribution in [0.3, 0.4) is 0 Å². The molecule has 1 aromatic heterocycles. The number of nitro benzene ring substituents is 1. The molecule has 3 rings (SSSR count). The van der Waals surface area contributed by atoms with Gasteiger partial charge in [0, 0.05) is 10.6 Å². The molecule has 150 valence electrons. The Labute approximate surface area is 177 Å². The topological polar surface area (TPSA) is 129 Å². The lowest BCUT2D eigenvalue weighted by molar-refractivity contribution is -0.384. The zero-order chi connectivity index (χ0) is 21.1. The molecule has 0 bridgehead atoms. The summed E-state index contributed by atoms with van der Waals surface area (Å²) in [6.45, 7) is 0. The highest BCUT2D eigenvalue weighted by Crippen LogP contribution is 2.30. The van der Waals surface area contributed by atoms with Gasteiger partial charge in [0.2, 0.25) is 11.1 Å². The number of amides is 1. The van der Waals surface area contributed by atoms with Crippen molar-refractivity contribution in [3.8, 4) is 11.4 Å². The number of nitrogens with two attached hydrogens (primary N) is 1. The molecule has 1 heterocycles. The summed E-state index contributed by atoms with van der Waals surface area (Å²) in [6, 6.07) is 7.61. The average molecular weight is 457 g/mol. The predicted octanol–water partition coefficient (Wildman–Crippen LogP) is 3.74. The molecule has 0 unspecified atom stereocenters. The number of aromatic nitrogens is 3. The summed E-state index contributed by atoms with van der Waals surface area (Å²) in [5.41, 5.74) is -0.210. The molecule has 29 heavy (non-hydrogen) atoms. The molecule has 13 heteroatoms. The van der Waals surface area contributed by atoms with E-state index in [1.54, 1.807) is 18.2 Å². The van der Waals surface area contributed by atoms with Crippen molar-refractivity contribution in [1.29, 1.82) is 0 Å². The number of carbonyl (C=O) groups excluding carboxylic acids is 1. The Morgan fingerprint density at radius 1 is 1.28 bits per heavy atom. The van der Waals surface area contributed by atoms with Gasteiger partial charge >= 0.3 is 0 Å². The Hall–Kier alpha value is -2.89. The number of hydrogen-bond acceptors (Lipinski definition) is 7. The van der Waals surface area contributed by atoms with E-state index in [1.807, 2.05) is 0 Å². The van der Waals surface area contributed by atoms with Crippen LogP contribution in [0.1, 0.15) is 0 Å². The van der Waals surface area contributed by atoms with E-state index in [-0.39, 0.29) is 22.4 Å². The van der Waals surface area contributed by atoms with E-state index in [2.05, 4.69) is 15.5 Å². The highest BCUT2D eigenvalue weighted by Gasteiger charge is 2.19. The van der Waals surface area contributed by atoms with Gasteiger partial charge in [-0.2, -0.15) is 0 Å². The normalized spacial score (nSPS) is 10.7. The van der Waals surface area contributed by atoms with Gasteiger partial charge in [-0.15, -0.1) is 10.2 Å². The van der Waals surface area contributed by atoms with E-state index in [4.69, 9.17) is 29.0 Å². The predicted molar refractivity (Wildman–Crippen MR) is 108 cm³/mol. The molecule has 0 spiro atoms. The Morgan fingerprint density at radius 3 is 2.76 bits per heavy atom. The van der Waals surface area contributed by atoms with E-state index < -0.39 is 22.3 Å². The maximum Gasteiger partial charge on any atom is 0.295 e. The highest BCUT2D eigenvalue weighted by atomic mass is 35.5. The first-order valence-corrected chi connectivity index (χ1v) is 9.53. The van der Waals surface area contributed by atoms with Crippen LogP contribution >= 0.6 is 35.0 Å². The second-order valence-electron chi connectivity index (χ2n) is 5.56. The number of nitrogens with one attached hydrogen (secondary N) is 1. The van der Waals surface area contributed by atoms with Crippen LogP contribution in [-0.4, -0.2) is 31.5 Å². The second-order valence-corrected chi connectivity index (χ2v) is 7.34. The number of nitrogen functional groups attached to an aromatic ring is 1. The molecule has 0 fully saturated rings. The van der Waals surface area contributed by atoms with Crippen molar-refractivity contribution in [2.45, 2.75) is 5.16 Å². The number of carbonyl (C=O) groups is 1. The Kier molecular flexibility index (Phi) is 6.20. The monoisotopic (exact) mass is 456 g/mol. The largest absolute Gasteiger partial charge is 0.335 e. The van der Waals surface area contributed by atoms with Gasteiger partial charge in [-0.05, 0) is 30.3 Å². The van der Waals surface area contributed by atoms with Crippen molar-refractivity contribution >= 4 is 52.2 Å². The number of rotatable bonds is 6. The molecular weight excluding hydrogens is 446 g/mol. The third-order valence-electron chi connectivity index (χ3n) is 3.60. The molecule has 0 saturated carbocycles. The molecule has 0 aliphatic heterocycles. The Balaban J connectivity index is 1.71. The number of anilines is 1. The van der Waals surface area contributed by atoms with Crippen molar-refractivity contribution in [3.63, 3.8) is 0 Å². The third kappa shape index (κ3) is 4.75. The fraction of sp³-hybridized carbons (Fsp3) is 0.0625. The van der Waals surface area contributed by atoms with Crippen LogP contribution in [0.5, 0.6) is 0 Å². The summed E-state index contributed by atoms with van der Waals surface area (Å²) in [4.78, 5) is 22.4. The maximum atomic E-state index is 13.2. The lowest BCUT2D eigenvalue weighted by atomic mass is 10.2. The van der Waals surface area contributed by atoms with Crippen molar-refractivity contribution < 1.29 is 14.1 Å². The van der Waals surface area contributed by atoms with E-state index >= 15 is 0 Å². The van der Waals surface area contributed by atoms with E-state index in [1.165, 1.54) is 0 Å². The van der Waals surface area contributed by atoms with Crippen LogP contribution in [0.2, 0.25) is 10.0 Å². The number of nitrogens with zero attached hydrogens (tertiary/aromatic N) is 4. The van der Waals surface area contributed by atoms with Crippen LogP contribution in [0.25, 0.3) is 11.4 Å². The third-order valence-corrected chi connectivity index (χ3v) is 5.10. The molecule has 1 amide bonds. The summed E-state index contributed by atoms with van der Waals surface area (Å²) in [5.74, 6) is 4.69. The van der Waals surface area contributed by atoms with Crippen LogP contribution in [0, 0.1) is 15.9 Å². The molecule has 0 saturated heterocycles. The minimum atomic E-state index is -0.788. The molecule has 3 N–H and O–H groups in total. The Bertz CT molecular complexity index is 1110. The van der Waals surface area contributed by atoms with Gasteiger partial charge in [-0.25, -0.2) is 9.07 Å². The number of benzene rings is 2. The van der Waals surface area contributed by atoms with Crippen molar-refractivity contribution in [3.05, 3.63) is 62.4 Å². The lowest BCUT2D eigenvalue weighted by Crippen LogP contribution is -2.17. The van der Waals surface area contributed by atoms with E-state index in [0.29, 0.717) is 15.6 Å². The minimum absolute atomic E-state index is 0.123. The summed E-state index contributed by atoms with van der Waals surface area (Å²) in [5, 5.41) is 22.2. The van der Waals surface area contributed by atoms with Crippen molar-refractivity contribution in [1.82, 2.24) is 14.9 Å². The molecule has 0 atom stereocenters. The minimum Gasteiger partial charge on any atom is -0.335 e. The van der Waals surface area contributed by atoms with Crippen LogP contribution < -0.4 is 11.2 Å². The number of hydrogen-bond donors (Lipinski definition) is 2. The van der Waals surface area contributed by atoms with E-state index in [9.17, 15) is 19.3 Å². The highest BCUT2D eigenvalue weighted by molar-refractivity contribution is 7.99. The lowest BCUT2D eigenvalue weighted by Gasteiger charge is -2.07. The molecule has 3 aromatic rings. The number of nitro groups is 1. The number of thioether (sulfide) groups is 1. The van der Waals surface area contributed by atoms with Crippen molar-refractivity contribution in [2.75, 3.05) is 16.9 Å². The Morgan fingerprint density at radius 2 is 2.03 bits per heavy atom. The van der Waals surface area contributed by atoms with Crippen LogP contribution in [-0.2, 0) is 4.79 Å². The summed E-state index contributed by atoms with van der Waals surface area (Å²) < 4.78 is 14.3. The smallest absolute Gasteiger partial charge is 0.295 e. The molecule has 9 nitrogen and oxygen atoms in total. The SMILES string of the molecule is Nn1c(SCC(=O)Nc2ccc(F)cc2[N+](=O)[O-])nnc1-c1cc(Cl)ccc1Cl. The molecule has 0 radical (unpaired) electrons. The fourth-order valence-corrected chi connectivity index (χ4v) is 3.34. The fourth-order valence-electron chi connectivity index (χ4n) is 2.31. The van der Waals surface area contributed by atoms with Gasteiger partial charge in [0.05, 0.1) is 21.8 Å². The molecule has 0 aliphatic rings. The second kappa shape index (κ2) is 8.64. The molecule has 2 aromatic carbocycles. The summed E-state index contributed by atoms with van der Waals surface area (Å²) in [6.07, 6.45) is 0. The van der Waals surface area contributed by atoms with Gasteiger partial charge in [0.25, 0.3) is 5.69 Å². The van der Waals surface area contributed by atoms with Gasteiger partial charge in [0.1, 0.15) is 11.5 Å². The van der Waals surface area contributed by atoms with Gasteiger partial charge < -0.3 is 11.2 Å². The van der Waals surface area contributed by atoms with Gasteiger partial charge in [-0.1, -0.05) is 35.0 Å². The first-order valence-electron chi connectivity index (χ1n) is 7.78.